The Morgan fingerprint density at radius 2 is 2.05 bits per heavy atom. The molecule has 2 aromatic rings. The van der Waals surface area contributed by atoms with Crippen LogP contribution in [0.2, 0.25) is 0 Å². The predicted molar refractivity (Wildman–Crippen MR) is 89.3 cm³/mol. The van der Waals surface area contributed by atoms with Crippen LogP contribution in [-0.2, 0) is 6.42 Å². The van der Waals surface area contributed by atoms with Crippen molar-refractivity contribution in [3.05, 3.63) is 59.9 Å². The van der Waals surface area contributed by atoms with Crippen molar-refractivity contribution in [1.29, 1.82) is 0 Å². The Kier molecular flexibility index (Phi) is 5.07. The van der Waals surface area contributed by atoms with E-state index in [1.807, 2.05) is 18.3 Å². The van der Waals surface area contributed by atoms with Crippen LogP contribution in [0.1, 0.15) is 30.5 Å². The molecule has 1 saturated heterocycles. The highest BCUT2D eigenvalue weighted by Gasteiger charge is 2.27. The van der Waals surface area contributed by atoms with Gasteiger partial charge in [-0.1, -0.05) is 37.3 Å². The fraction of sp³-hybridized carbons (Fsp3) is 0.421. The van der Waals surface area contributed by atoms with Gasteiger partial charge in [-0.05, 0) is 43.0 Å². The maximum absolute atomic E-state index is 6.12. The van der Waals surface area contributed by atoms with Gasteiger partial charge in [-0.15, -0.1) is 0 Å². The van der Waals surface area contributed by atoms with Crippen LogP contribution in [0.4, 0.5) is 0 Å². The maximum atomic E-state index is 6.12. The number of nitrogens with zero attached hydrogens (tertiary/aromatic N) is 1. The van der Waals surface area contributed by atoms with E-state index in [2.05, 4.69) is 47.6 Å². The zero-order chi connectivity index (χ0) is 15.2. The predicted octanol–water partition coefficient (Wildman–Crippen LogP) is 3.42. The lowest BCUT2D eigenvalue weighted by molar-refractivity contribution is 0.195. The molecule has 3 nitrogen and oxygen atoms in total. The normalized spacial score (nSPS) is 21.5. The summed E-state index contributed by atoms with van der Waals surface area (Å²) in [6.45, 7) is 4.96. The molecule has 22 heavy (non-hydrogen) atoms. The molecule has 1 aliphatic heterocycles. The summed E-state index contributed by atoms with van der Waals surface area (Å²) in [6.07, 6.45) is 3.91. The number of benzene rings is 1. The van der Waals surface area contributed by atoms with E-state index < -0.39 is 0 Å². The molecule has 0 unspecified atom stereocenters. The molecule has 0 bridgehead atoms. The van der Waals surface area contributed by atoms with Gasteiger partial charge in [-0.3, -0.25) is 4.98 Å². The molecule has 0 spiro atoms. The Balaban J connectivity index is 1.69. The summed E-state index contributed by atoms with van der Waals surface area (Å²) in [5.41, 5.74) is 2.47. The van der Waals surface area contributed by atoms with Crippen LogP contribution in [0.5, 0.6) is 5.75 Å². The van der Waals surface area contributed by atoms with E-state index in [-0.39, 0.29) is 0 Å². The Bertz CT molecular complexity index is 585. The third-order valence-electron chi connectivity index (χ3n) is 4.47. The van der Waals surface area contributed by atoms with Crippen molar-refractivity contribution in [1.82, 2.24) is 10.3 Å². The van der Waals surface area contributed by atoms with Crippen molar-refractivity contribution < 1.29 is 4.74 Å². The van der Waals surface area contributed by atoms with Crippen molar-refractivity contribution in [3.63, 3.8) is 0 Å². The summed E-state index contributed by atoms with van der Waals surface area (Å²) < 4.78 is 6.12. The van der Waals surface area contributed by atoms with Crippen molar-refractivity contribution in [2.75, 3.05) is 19.7 Å². The highest BCUT2D eigenvalue weighted by atomic mass is 16.5. The minimum absolute atomic E-state index is 0.501. The quantitative estimate of drug-likeness (QED) is 0.918. The lowest BCUT2D eigenvalue weighted by Crippen LogP contribution is -2.38. The van der Waals surface area contributed by atoms with Crippen LogP contribution in [0.15, 0.2) is 48.7 Å². The summed E-state index contributed by atoms with van der Waals surface area (Å²) >= 11 is 0. The summed E-state index contributed by atoms with van der Waals surface area (Å²) in [7, 11) is 0. The summed E-state index contributed by atoms with van der Waals surface area (Å²) in [6, 6.07) is 14.8. The molecule has 3 rings (SSSR count). The van der Waals surface area contributed by atoms with E-state index in [1.165, 1.54) is 12.0 Å². The van der Waals surface area contributed by atoms with Gasteiger partial charge in [0.2, 0.25) is 0 Å². The summed E-state index contributed by atoms with van der Waals surface area (Å²) in [5.74, 6) is 2.01. The molecule has 1 aromatic carbocycles. The van der Waals surface area contributed by atoms with Gasteiger partial charge in [0.25, 0.3) is 0 Å². The van der Waals surface area contributed by atoms with Gasteiger partial charge in [0.1, 0.15) is 5.75 Å². The number of pyridine rings is 1. The first-order valence-corrected chi connectivity index (χ1v) is 8.21. The van der Waals surface area contributed by atoms with Crippen LogP contribution in [0, 0.1) is 5.92 Å². The fourth-order valence-electron chi connectivity index (χ4n) is 3.25. The first kappa shape index (κ1) is 15.0. The molecule has 1 aliphatic rings. The SMILES string of the molecule is CCc1ncccc1OC[C@@H]1CNCC[C@H]1c1ccccc1. The van der Waals surface area contributed by atoms with E-state index in [0.717, 1.165) is 37.6 Å². The number of piperidine rings is 1. The third-order valence-corrected chi connectivity index (χ3v) is 4.47. The standard InChI is InChI=1S/C19H24N2O/c1-2-18-19(9-6-11-21-18)22-14-16-13-20-12-10-17(16)15-7-4-3-5-8-15/h3-9,11,16-17,20H,2,10,12-14H2,1H3/t16-,17-/m0/s1. The number of ether oxygens (including phenoxy) is 1. The molecule has 0 amide bonds. The van der Waals surface area contributed by atoms with Crippen molar-refractivity contribution in [3.8, 4) is 5.75 Å². The monoisotopic (exact) mass is 296 g/mol. The van der Waals surface area contributed by atoms with Gasteiger partial charge in [0.05, 0.1) is 12.3 Å². The van der Waals surface area contributed by atoms with Gasteiger partial charge >= 0.3 is 0 Å². The van der Waals surface area contributed by atoms with E-state index in [9.17, 15) is 0 Å². The lowest BCUT2D eigenvalue weighted by atomic mass is 9.81. The Labute approximate surface area is 132 Å². The van der Waals surface area contributed by atoms with Gasteiger partial charge in [0, 0.05) is 18.7 Å². The molecule has 3 heteroatoms. The number of aryl methyl sites for hydroxylation is 1. The van der Waals surface area contributed by atoms with E-state index >= 15 is 0 Å². The molecule has 2 heterocycles. The first-order chi connectivity index (χ1) is 10.9. The van der Waals surface area contributed by atoms with Crippen LogP contribution < -0.4 is 10.1 Å². The number of aromatic nitrogens is 1. The highest BCUT2D eigenvalue weighted by molar-refractivity contribution is 5.27. The molecule has 1 N–H and O–H groups in total. The Morgan fingerprint density at radius 1 is 1.18 bits per heavy atom. The highest BCUT2D eigenvalue weighted by Crippen LogP contribution is 2.31. The second kappa shape index (κ2) is 7.41. The van der Waals surface area contributed by atoms with Gasteiger partial charge < -0.3 is 10.1 Å². The molecule has 2 atom stereocenters. The molecular formula is C19H24N2O. The minimum atomic E-state index is 0.501. The third kappa shape index (κ3) is 3.47. The lowest BCUT2D eigenvalue weighted by Gasteiger charge is -2.32. The van der Waals surface area contributed by atoms with Crippen LogP contribution in [-0.4, -0.2) is 24.7 Å². The zero-order valence-corrected chi connectivity index (χ0v) is 13.2. The average molecular weight is 296 g/mol. The Morgan fingerprint density at radius 3 is 2.86 bits per heavy atom. The molecule has 0 radical (unpaired) electrons. The van der Waals surface area contributed by atoms with E-state index in [1.54, 1.807) is 0 Å². The van der Waals surface area contributed by atoms with Gasteiger partial charge in [-0.2, -0.15) is 0 Å². The number of nitrogens with one attached hydrogen (secondary N) is 1. The van der Waals surface area contributed by atoms with Crippen molar-refractivity contribution in [2.45, 2.75) is 25.7 Å². The molecule has 0 aliphatic carbocycles. The topological polar surface area (TPSA) is 34.1 Å². The van der Waals surface area contributed by atoms with Crippen molar-refractivity contribution >= 4 is 0 Å². The number of hydrogen-bond acceptors (Lipinski definition) is 3. The maximum Gasteiger partial charge on any atom is 0.140 e. The van der Waals surface area contributed by atoms with Crippen LogP contribution in [0.25, 0.3) is 0 Å². The van der Waals surface area contributed by atoms with Crippen LogP contribution >= 0.6 is 0 Å². The second-order valence-electron chi connectivity index (χ2n) is 5.88. The molecule has 0 saturated carbocycles. The largest absolute Gasteiger partial charge is 0.491 e. The molecule has 116 valence electrons. The summed E-state index contributed by atoms with van der Waals surface area (Å²) in [5, 5.41) is 3.50. The molecule has 1 aromatic heterocycles. The first-order valence-electron chi connectivity index (χ1n) is 8.21. The van der Waals surface area contributed by atoms with E-state index in [0.29, 0.717) is 11.8 Å². The zero-order valence-electron chi connectivity index (χ0n) is 13.2. The van der Waals surface area contributed by atoms with Gasteiger partial charge in [-0.25, -0.2) is 0 Å². The second-order valence-corrected chi connectivity index (χ2v) is 5.88. The van der Waals surface area contributed by atoms with Gasteiger partial charge in [0.15, 0.2) is 0 Å². The Hall–Kier alpha value is -1.87. The van der Waals surface area contributed by atoms with Crippen molar-refractivity contribution in [2.24, 2.45) is 5.92 Å². The average Bonchev–Trinajstić information content (AvgIpc) is 2.61. The number of hydrogen-bond donors (Lipinski definition) is 1. The van der Waals surface area contributed by atoms with Crippen LogP contribution in [0.3, 0.4) is 0 Å². The van der Waals surface area contributed by atoms with E-state index in [4.69, 9.17) is 4.74 Å². The molecule has 1 fully saturated rings. The minimum Gasteiger partial charge on any atom is -0.491 e. The smallest absolute Gasteiger partial charge is 0.140 e. The summed E-state index contributed by atoms with van der Waals surface area (Å²) in [4.78, 5) is 4.40. The molecular weight excluding hydrogens is 272 g/mol. The fourth-order valence-corrected chi connectivity index (χ4v) is 3.25. The number of rotatable bonds is 5.